The maximum Gasteiger partial charge on any atom is 0.303 e. The molecule has 5 N–H and O–H groups in total. The lowest BCUT2D eigenvalue weighted by atomic mass is 10.1. The Balaban J connectivity index is -0.000000755. The molecular weight excluding hydrogens is 701 g/mol. The standard InChI is InChI=1S/C39H78N2.3C3H6O2/c1-4-6-8-10-12-14-16-18-20-22-24-26-28-30-32-34-36-41(38-39(3)40)37-35-33-31-29-27-25-23-21-19-17-15-13-11-9-7-5-2;3*1-2-3(4)5/h18-21,39H,4-17,22-38,40H2,1-3H3;3*2H2,1H3,(H,4,5)/b20-18-,21-19-;;;. The molecule has 0 aromatic heterocycles. The summed E-state index contributed by atoms with van der Waals surface area (Å²) in [5.41, 5.74) is 6.16. The normalized spacial score (nSPS) is 11.4. The van der Waals surface area contributed by atoms with Crippen molar-refractivity contribution in [2.45, 2.75) is 247 Å². The van der Waals surface area contributed by atoms with Gasteiger partial charge in [0.2, 0.25) is 0 Å². The van der Waals surface area contributed by atoms with Gasteiger partial charge in [-0.1, -0.05) is 174 Å². The number of nitrogens with two attached hydrogens (primary N) is 1. The Morgan fingerprint density at radius 3 is 0.857 bits per heavy atom. The smallest absolute Gasteiger partial charge is 0.303 e. The number of allylic oxidation sites excluding steroid dienone is 4. The highest BCUT2D eigenvalue weighted by Gasteiger charge is 2.07. The summed E-state index contributed by atoms with van der Waals surface area (Å²) in [4.78, 5) is 30.8. The van der Waals surface area contributed by atoms with Crippen LogP contribution in [0.2, 0.25) is 0 Å². The molecule has 0 aromatic carbocycles. The van der Waals surface area contributed by atoms with Crippen LogP contribution in [0, 0.1) is 0 Å². The van der Waals surface area contributed by atoms with Gasteiger partial charge in [0.15, 0.2) is 0 Å². The van der Waals surface area contributed by atoms with Gasteiger partial charge in [-0.2, -0.15) is 0 Å². The summed E-state index contributed by atoms with van der Waals surface area (Å²) in [6.07, 6.45) is 49.1. The van der Waals surface area contributed by atoms with Crippen LogP contribution in [0.5, 0.6) is 0 Å². The summed E-state index contributed by atoms with van der Waals surface area (Å²) < 4.78 is 0. The molecule has 0 aliphatic carbocycles. The average Bonchev–Trinajstić information content (AvgIpc) is 3.17. The third kappa shape index (κ3) is 69.7. The molecule has 0 spiro atoms. The van der Waals surface area contributed by atoms with E-state index in [-0.39, 0.29) is 19.3 Å². The fourth-order valence-electron chi connectivity index (χ4n) is 5.87. The lowest BCUT2D eigenvalue weighted by Crippen LogP contribution is -2.36. The van der Waals surface area contributed by atoms with E-state index in [0.717, 1.165) is 6.54 Å². The Morgan fingerprint density at radius 2 is 0.643 bits per heavy atom. The Kier molecular flexibility index (Phi) is 59.3. The monoisotopic (exact) mass is 797 g/mol. The van der Waals surface area contributed by atoms with Crippen molar-refractivity contribution in [3.63, 3.8) is 0 Å². The molecule has 1 atom stereocenters. The number of nitrogens with zero attached hydrogens (tertiary/aromatic N) is 1. The van der Waals surface area contributed by atoms with Crippen molar-refractivity contribution < 1.29 is 29.7 Å². The molecule has 0 saturated heterocycles. The molecule has 0 aromatic rings. The highest BCUT2D eigenvalue weighted by Crippen LogP contribution is 2.13. The fraction of sp³-hybridized carbons (Fsp3) is 0.854. The quantitative estimate of drug-likeness (QED) is 0.0360. The zero-order valence-electron chi connectivity index (χ0n) is 38.0. The van der Waals surface area contributed by atoms with Crippen LogP contribution in [0.25, 0.3) is 0 Å². The van der Waals surface area contributed by atoms with Crippen LogP contribution in [-0.4, -0.2) is 63.8 Å². The second-order valence-corrected chi connectivity index (χ2v) is 15.4. The lowest BCUT2D eigenvalue weighted by molar-refractivity contribution is -0.137. The van der Waals surface area contributed by atoms with Crippen molar-refractivity contribution in [1.29, 1.82) is 0 Å². The zero-order chi connectivity index (χ0) is 42.8. The fourth-order valence-corrected chi connectivity index (χ4v) is 5.87. The summed E-state index contributed by atoms with van der Waals surface area (Å²) in [7, 11) is 0. The van der Waals surface area contributed by atoms with Gasteiger partial charge in [0.25, 0.3) is 0 Å². The summed E-state index contributed by atoms with van der Waals surface area (Å²) in [6.45, 7) is 15.1. The molecular formula is C48H96N2O6. The SMILES string of the molecule is CCC(=O)O.CCC(=O)O.CCC(=O)O.CCCCCCCC/C=C\CCCCCCCCN(CCCCCCCC/C=C\CCCCCCCC)CC(C)N. The van der Waals surface area contributed by atoms with E-state index in [4.69, 9.17) is 21.1 Å². The number of carbonyl (C=O) groups is 3. The first-order chi connectivity index (χ1) is 27.0. The highest BCUT2D eigenvalue weighted by atomic mass is 16.4. The van der Waals surface area contributed by atoms with E-state index in [0.29, 0.717) is 6.04 Å². The maximum atomic E-state index is 9.37. The molecule has 0 bridgehead atoms. The Labute approximate surface area is 347 Å². The van der Waals surface area contributed by atoms with Gasteiger partial charge in [-0.15, -0.1) is 0 Å². The molecule has 0 amide bonds. The first-order valence-corrected chi connectivity index (χ1v) is 23.4. The van der Waals surface area contributed by atoms with Crippen LogP contribution in [0.15, 0.2) is 24.3 Å². The van der Waals surface area contributed by atoms with E-state index >= 15 is 0 Å². The van der Waals surface area contributed by atoms with Gasteiger partial charge >= 0.3 is 17.9 Å². The van der Waals surface area contributed by atoms with Gasteiger partial charge in [0.1, 0.15) is 0 Å². The van der Waals surface area contributed by atoms with Crippen LogP contribution in [0.4, 0.5) is 0 Å². The predicted octanol–water partition coefficient (Wildman–Crippen LogP) is 14.2. The molecule has 0 rings (SSSR count). The van der Waals surface area contributed by atoms with Gasteiger partial charge in [0, 0.05) is 31.8 Å². The van der Waals surface area contributed by atoms with Crippen LogP contribution in [0.3, 0.4) is 0 Å². The topological polar surface area (TPSA) is 141 Å². The summed E-state index contributed by atoms with van der Waals surface area (Å²) in [6, 6.07) is 0.290. The van der Waals surface area contributed by atoms with E-state index in [1.807, 2.05) is 0 Å². The first kappa shape index (κ1) is 60.5. The molecule has 1 unspecified atom stereocenters. The summed E-state index contributed by atoms with van der Waals surface area (Å²) in [5.74, 6) is -2.24. The maximum absolute atomic E-state index is 9.37. The number of hydrogen-bond donors (Lipinski definition) is 4. The number of rotatable bonds is 37. The van der Waals surface area contributed by atoms with Gasteiger partial charge in [-0.05, 0) is 84.2 Å². The van der Waals surface area contributed by atoms with Gasteiger partial charge in [0.05, 0.1) is 0 Å². The minimum absolute atomic E-state index is 0.222. The minimum atomic E-state index is -0.745. The van der Waals surface area contributed by atoms with Crippen molar-refractivity contribution in [3.05, 3.63) is 24.3 Å². The van der Waals surface area contributed by atoms with Crippen LogP contribution in [0.1, 0.15) is 241 Å². The highest BCUT2D eigenvalue weighted by molar-refractivity contribution is 5.66. The summed E-state index contributed by atoms with van der Waals surface area (Å²) in [5, 5.41) is 23.2. The number of unbranched alkanes of at least 4 members (excludes halogenated alkanes) is 24. The molecule has 0 aliphatic rings. The molecule has 0 aliphatic heterocycles. The van der Waals surface area contributed by atoms with E-state index in [1.165, 1.54) is 193 Å². The Morgan fingerprint density at radius 1 is 0.429 bits per heavy atom. The van der Waals surface area contributed by atoms with Crippen molar-refractivity contribution in [2.75, 3.05) is 19.6 Å². The zero-order valence-corrected chi connectivity index (χ0v) is 38.0. The second kappa shape index (κ2) is 54.9. The number of hydrogen-bond acceptors (Lipinski definition) is 5. The van der Waals surface area contributed by atoms with E-state index in [9.17, 15) is 14.4 Å². The van der Waals surface area contributed by atoms with Crippen molar-refractivity contribution in [2.24, 2.45) is 5.73 Å². The first-order valence-electron chi connectivity index (χ1n) is 23.4. The van der Waals surface area contributed by atoms with Crippen LogP contribution < -0.4 is 5.73 Å². The van der Waals surface area contributed by atoms with E-state index in [2.05, 4.69) is 50.0 Å². The third-order valence-corrected chi connectivity index (χ3v) is 9.43. The van der Waals surface area contributed by atoms with Crippen molar-refractivity contribution in [3.8, 4) is 0 Å². The van der Waals surface area contributed by atoms with Gasteiger partial charge < -0.3 is 26.0 Å². The van der Waals surface area contributed by atoms with Crippen molar-refractivity contribution >= 4 is 17.9 Å². The molecule has 0 radical (unpaired) electrons. The van der Waals surface area contributed by atoms with E-state index in [1.54, 1.807) is 20.8 Å². The largest absolute Gasteiger partial charge is 0.481 e. The third-order valence-electron chi connectivity index (χ3n) is 9.43. The molecule has 56 heavy (non-hydrogen) atoms. The minimum Gasteiger partial charge on any atom is -0.481 e. The molecule has 8 heteroatoms. The number of aliphatic carboxylic acids is 3. The molecule has 8 nitrogen and oxygen atoms in total. The molecule has 0 fully saturated rings. The number of carboxylic acid groups (broad SMARTS) is 3. The summed E-state index contributed by atoms with van der Waals surface area (Å²) >= 11 is 0. The van der Waals surface area contributed by atoms with Crippen molar-refractivity contribution in [1.82, 2.24) is 4.90 Å². The second-order valence-electron chi connectivity index (χ2n) is 15.4. The van der Waals surface area contributed by atoms with Gasteiger partial charge in [-0.3, -0.25) is 14.4 Å². The van der Waals surface area contributed by atoms with Crippen LogP contribution in [-0.2, 0) is 14.4 Å². The Hall–Kier alpha value is -2.19. The van der Waals surface area contributed by atoms with Gasteiger partial charge in [-0.25, -0.2) is 0 Å². The predicted molar refractivity (Wildman–Crippen MR) is 243 cm³/mol. The average molecular weight is 797 g/mol. The molecule has 0 heterocycles. The lowest BCUT2D eigenvalue weighted by Gasteiger charge is -2.24. The molecule has 334 valence electrons. The number of carboxylic acids is 3. The van der Waals surface area contributed by atoms with Crippen LogP contribution >= 0.6 is 0 Å². The van der Waals surface area contributed by atoms with E-state index < -0.39 is 17.9 Å². The Bertz CT molecular complexity index is 770. The molecule has 0 saturated carbocycles.